The van der Waals surface area contributed by atoms with E-state index in [1.807, 2.05) is 0 Å². The molecule has 3 aromatic rings. The van der Waals surface area contributed by atoms with Crippen molar-refractivity contribution in [3.8, 4) is 5.75 Å². The fraction of sp³-hybridized carbons (Fsp3) is 0.0800. The van der Waals surface area contributed by atoms with Crippen LogP contribution in [0.25, 0.3) is 0 Å². The Hall–Kier alpha value is -4.11. The molecule has 0 fully saturated rings. The number of nitrogens with zero attached hydrogens (tertiary/aromatic N) is 1. The van der Waals surface area contributed by atoms with Gasteiger partial charge in [0, 0.05) is 10.0 Å². The van der Waals surface area contributed by atoms with Crippen molar-refractivity contribution in [2.24, 2.45) is 0 Å². The van der Waals surface area contributed by atoms with Gasteiger partial charge in [-0.25, -0.2) is 4.79 Å². The summed E-state index contributed by atoms with van der Waals surface area (Å²) in [6.45, 7) is -1.16. The van der Waals surface area contributed by atoms with Gasteiger partial charge in [-0.1, -0.05) is 28.1 Å². The SMILES string of the molecule is O=C(CN1C(=O)c2ccccc2C1=O)OCC(=O)c1ccc(OC(=O)c2ccc(Br)cc2)cc1. The number of carbonyl (C=O) groups excluding carboxylic acids is 5. The first kappa shape index (κ1) is 23.1. The Balaban J connectivity index is 1.29. The minimum absolute atomic E-state index is 0.220. The second kappa shape index (κ2) is 9.80. The Morgan fingerprint density at radius 1 is 0.765 bits per heavy atom. The van der Waals surface area contributed by atoms with Crippen molar-refractivity contribution in [2.75, 3.05) is 13.2 Å². The molecule has 2 amide bonds. The van der Waals surface area contributed by atoms with Crippen LogP contribution in [0.3, 0.4) is 0 Å². The van der Waals surface area contributed by atoms with Crippen LogP contribution in [0, 0.1) is 0 Å². The van der Waals surface area contributed by atoms with E-state index in [2.05, 4.69) is 15.9 Å². The monoisotopic (exact) mass is 521 g/mol. The number of esters is 2. The summed E-state index contributed by atoms with van der Waals surface area (Å²) in [5, 5.41) is 0. The standard InChI is InChI=1S/C25H16BrNO7/c26-17-9-5-16(6-10-17)25(32)34-18-11-7-15(8-12-18)21(28)14-33-22(29)13-27-23(30)19-3-1-2-4-20(19)24(27)31/h1-12H,13-14H2. The molecule has 0 bridgehead atoms. The van der Waals surface area contributed by atoms with E-state index in [-0.39, 0.29) is 22.4 Å². The molecule has 0 saturated heterocycles. The first-order valence-electron chi connectivity index (χ1n) is 10.1. The summed E-state index contributed by atoms with van der Waals surface area (Å²) in [5.74, 6) is -2.86. The Morgan fingerprint density at radius 3 is 1.91 bits per heavy atom. The highest BCUT2D eigenvalue weighted by Crippen LogP contribution is 2.22. The quantitative estimate of drug-likeness (QED) is 0.202. The van der Waals surface area contributed by atoms with E-state index >= 15 is 0 Å². The van der Waals surface area contributed by atoms with E-state index in [4.69, 9.17) is 9.47 Å². The van der Waals surface area contributed by atoms with Crippen molar-refractivity contribution < 1.29 is 33.4 Å². The van der Waals surface area contributed by atoms with Gasteiger partial charge in [-0.15, -0.1) is 0 Å². The number of Topliss-reactive ketones (excluding diaryl/α,β-unsaturated/α-hetero) is 1. The first-order valence-corrected chi connectivity index (χ1v) is 10.8. The first-order chi connectivity index (χ1) is 16.3. The Morgan fingerprint density at radius 2 is 1.32 bits per heavy atom. The van der Waals surface area contributed by atoms with Crippen LogP contribution in [0.15, 0.2) is 77.3 Å². The van der Waals surface area contributed by atoms with Crippen LogP contribution < -0.4 is 4.74 Å². The maximum Gasteiger partial charge on any atom is 0.343 e. The zero-order valence-corrected chi connectivity index (χ0v) is 19.1. The van der Waals surface area contributed by atoms with Crippen molar-refractivity contribution in [3.05, 3.63) is 99.5 Å². The van der Waals surface area contributed by atoms with Crippen LogP contribution in [0.1, 0.15) is 41.4 Å². The maximum absolute atomic E-state index is 12.3. The van der Waals surface area contributed by atoms with Gasteiger partial charge in [0.2, 0.25) is 0 Å². The van der Waals surface area contributed by atoms with E-state index < -0.39 is 42.7 Å². The Bertz CT molecular complexity index is 1260. The molecule has 0 radical (unpaired) electrons. The third-order valence-corrected chi connectivity index (χ3v) is 5.53. The average molecular weight is 522 g/mol. The molecule has 0 N–H and O–H groups in total. The number of fused-ring (bicyclic) bond motifs is 1. The summed E-state index contributed by atoms with van der Waals surface area (Å²) in [5.41, 5.74) is 1.04. The lowest BCUT2D eigenvalue weighted by molar-refractivity contribution is -0.142. The molecule has 0 aliphatic carbocycles. The molecule has 1 aliphatic rings. The third-order valence-electron chi connectivity index (χ3n) is 5.00. The number of ketones is 1. The zero-order chi connectivity index (χ0) is 24.2. The molecule has 8 nitrogen and oxygen atoms in total. The predicted octanol–water partition coefficient (Wildman–Crippen LogP) is 3.69. The molecular formula is C25H16BrNO7. The molecule has 170 valence electrons. The smallest absolute Gasteiger partial charge is 0.343 e. The maximum atomic E-state index is 12.3. The summed E-state index contributed by atoms with van der Waals surface area (Å²) in [7, 11) is 0. The topological polar surface area (TPSA) is 107 Å². The zero-order valence-electron chi connectivity index (χ0n) is 17.5. The molecular weight excluding hydrogens is 506 g/mol. The summed E-state index contributed by atoms with van der Waals surface area (Å²) >= 11 is 3.29. The number of hydrogen-bond acceptors (Lipinski definition) is 7. The van der Waals surface area contributed by atoms with Gasteiger partial charge in [0.15, 0.2) is 12.4 Å². The van der Waals surface area contributed by atoms with Gasteiger partial charge in [0.05, 0.1) is 16.7 Å². The van der Waals surface area contributed by atoms with E-state index in [1.54, 1.807) is 36.4 Å². The van der Waals surface area contributed by atoms with Crippen LogP contribution in [-0.2, 0) is 9.53 Å². The average Bonchev–Trinajstić information content (AvgIpc) is 3.08. The summed E-state index contributed by atoms with van der Waals surface area (Å²) in [6.07, 6.45) is 0. The fourth-order valence-corrected chi connectivity index (χ4v) is 3.51. The minimum atomic E-state index is -0.886. The van der Waals surface area contributed by atoms with Crippen molar-refractivity contribution in [2.45, 2.75) is 0 Å². The predicted molar refractivity (Wildman–Crippen MR) is 123 cm³/mol. The molecule has 1 aliphatic heterocycles. The second-order valence-corrected chi connectivity index (χ2v) is 8.16. The fourth-order valence-electron chi connectivity index (χ4n) is 3.25. The molecule has 0 aromatic heterocycles. The van der Waals surface area contributed by atoms with Gasteiger partial charge >= 0.3 is 11.9 Å². The van der Waals surface area contributed by atoms with Gasteiger partial charge in [0.25, 0.3) is 11.8 Å². The number of ether oxygens (including phenoxy) is 2. The third kappa shape index (κ3) is 4.94. The normalized spacial score (nSPS) is 12.3. The molecule has 4 rings (SSSR count). The van der Waals surface area contributed by atoms with Crippen molar-refractivity contribution in [3.63, 3.8) is 0 Å². The molecule has 9 heteroatoms. The highest BCUT2D eigenvalue weighted by molar-refractivity contribution is 9.10. The second-order valence-electron chi connectivity index (χ2n) is 7.25. The molecule has 34 heavy (non-hydrogen) atoms. The number of benzene rings is 3. The van der Waals surface area contributed by atoms with Crippen LogP contribution in [-0.4, -0.2) is 47.6 Å². The van der Waals surface area contributed by atoms with Crippen LogP contribution in [0.2, 0.25) is 0 Å². The van der Waals surface area contributed by atoms with Crippen LogP contribution in [0.4, 0.5) is 0 Å². The summed E-state index contributed by atoms with van der Waals surface area (Å²) < 4.78 is 11.1. The van der Waals surface area contributed by atoms with Gasteiger partial charge in [-0.05, 0) is 60.7 Å². The molecule has 1 heterocycles. The summed E-state index contributed by atoms with van der Waals surface area (Å²) in [6, 6.07) is 18.7. The van der Waals surface area contributed by atoms with Crippen molar-refractivity contribution in [1.29, 1.82) is 0 Å². The van der Waals surface area contributed by atoms with Gasteiger partial charge in [-0.3, -0.25) is 24.1 Å². The van der Waals surface area contributed by atoms with E-state index in [0.29, 0.717) is 5.56 Å². The number of rotatable bonds is 7. The highest BCUT2D eigenvalue weighted by Gasteiger charge is 2.36. The molecule has 0 saturated carbocycles. The van der Waals surface area contributed by atoms with Crippen LogP contribution >= 0.6 is 15.9 Å². The number of halogens is 1. The minimum Gasteiger partial charge on any atom is -0.456 e. The molecule has 0 unspecified atom stereocenters. The number of carbonyl (C=O) groups is 5. The highest BCUT2D eigenvalue weighted by atomic mass is 79.9. The molecule has 0 spiro atoms. The van der Waals surface area contributed by atoms with Crippen molar-refractivity contribution >= 4 is 45.5 Å². The summed E-state index contributed by atoms with van der Waals surface area (Å²) in [4.78, 5) is 62.0. The van der Waals surface area contributed by atoms with Crippen LogP contribution in [0.5, 0.6) is 5.75 Å². The van der Waals surface area contributed by atoms with E-state index in [0.717, 1.165) is 9.37 Å². The number of imide groups is 1. The molecule has 3 aromatic carbocycles. The lowest BCUT2D eigenvalue weighted by Crippen LogP contribution is -2.36. The lowest BCUT2D eigenvalue weighted by Gasteiger charge is -2.12. The number of amides is 2. The van der Waals surface area contributed by atoms with Gasteiger partial charge in [0.1, 0.15) is 12.3 Å². The van der Waals surface area contributed by atoms with Gasteiger partial charge in [-0.2, -0.15) is 0 Å². The lowest BCUT2D eigenvalue weighted by atomic mass is 10.1. The number of hydrogen-bond donors (Lipinski definition) is 0. The molecule has 0 atom stereocenters. The van der Waals surface area contributed by atoms with E-state index in [1.165, 1.54) is 36.4 Å². The van der Waals surface area contributed by atoms with Crippen molar-refractivity contribution in [1.82, 2.24) is 4.90 Å². The van der Waals surface area contributed by atoms with Gasteiger partial charge < -0.3 is 9.47 Å². The van der Waals surface area contributed by atoms with E-state index in [9.17, 15) is 24.0 Å². The Labute approximate surface area is 202 Å². The largest absolute Gasteiger partial charge is 0.456 e. The Kier molecular flexibility index (Phi) is 6.65.